The minimum Gasteiger partial charge on any atom is -0.361 e. The first-order valence-electron chi connectivity index (χ1n) is 11.5. The molecule has 7 nitrogen and oxygen atoms in total. The fraction of sp³-hybridized carbons (Fsp3) is 0.222. The first-order chi connectivity index (χ1) is 16.7. The average Bonchev–Trinajstić information content (AvgIpc) is 3.35. The Balaban J connectivity index is 1.41. The van der Waals surface area contributed by atoms with Crippen LogP contribution in [0.5, 0.6) is 0 Å². The molecule has 170 valence electrons. The van der Waals surface area contributed by atoms with Crippen LogP contribution < -0.4 is 10.6 Å². The highest BCUT2D eigenvalue weighted by atomic mass is 15.2. The van der Waals surface area contributed by atoms with Gasteiger partial charge in [-0.1, -0.05) is 6.07 Å². The van der Waals surface area contributed by atoms with Gasteiger partial charge in [-0.25, -0.2) is 0 Å². The molecule has 0 spiro atoms. The van der Waals surface area contributed by atoms with Crippen LogP contribution in [0.2, 0.25) is 0 Å². The van der Waals surface area contributed by atoms with E-state index in [9.17, 15) is 5.26 Å². The van der Waals surface area contributed by atoms with E-state index < -0.39 is 0 Å². The summed E-state index contributed by atoms with van der Waals surface area (Å²) in [6.07, 6.45) is 9.25. The molecule has 1 aliphatic rings. The number of hydrogen-bond donors (Lipinski definition) is 3. The number of aryl methyl sites for hydroxylation is 1. The predicted molar refractivity (Wildman–Crippen MR) is 137 cm³/mol. The van der Waals surface area contributed by atoms with Crippen molar-refractivity contribution in [3.8, 4) is 6.07 Å². The average molecular weight is 450 g/mol. The number of nitrogens with zero attached hydrogens (tertiary/aromatic N) is 4. The van der Waals surface area contributed by atoms with E-state index in [0.29, 0.717) is 5.56 Å². The molecule has 34 heavy (non-hydrogen) atoms. The third kappa shape index (κ3) is 4.69. The number of nitriles is 1. The van der Waals surface area contributed by atoms with Crippen molar-refractivity contribution in [2.45, 2.75) is 13.5 Å². The standard InChI is InChI=1S/C27H27N7/c1-19-24-9-10-31-26(24)8-7-25(19)33-27-20(16-30-17-21(27)15-28)5-6-22-3-2-4-23(32-22)18-34-13-11-29-12-14-34/h2-10,16-17,29,31H,11-14,18H2,1H3,(H,30,33)/b6-5+. The Morgan fingerprint density at radius 1 is 1.12 bits per heavy atom. The van der Waals surface area contributed by atoms with Crippen molar-refractivity contribution >= 4 is 34.4 Å². The summed E-state index contributed by atoms with van der Waals surface area (Å²) in [7, 11) is 0. The maximum atomic E-state index is 9.73. The Bertz CT molecular complexity index is 1370. The van der Waals surface area contributed by atoms with Crippen LogP contribution in [0.15, 0.2) is 55.0 Å². The van der Waals surface area contributed by atoms with E-state index in [-0.39, 0.29) is 0 Å². The van der Waals surface area contributed by atoms with Crippen molar-refractivity contribution in [3.05, 3.63) is 83.1 Å². The fourth-order valence-corrected chi connectivity index (χ4v) is 4.33. The first-order valence-corrected chi connectivity index (χ1v) is 11.5. The van der Waals surface area contributed by atoms with E-state index in [0.717, 1.165) is 77.5 Å². The number of H-pyrrole nitrogens is 1. The highest BCUT2D eigenvalue weighted by Crippen LogP contribution is 2.31. The summed E-state index contributed by atoms with van der Waals surface area (Å²) in [5.74, 6) is 0. The lowest BCUT2D eigenvalue weighted by Crippen LogP contribution is -2.43. The number of aromatic amines is 1. The normalized spacial score (nSPS) is 14.5. The quantitative estimate of drug-likeness (QED) is 0.403. The van der Waals surface area contributed by atoms with Crippen LogP contribution >= 0.6 is 0 Å². The van der Waals surface area contributed by atoms with Gasteiger partial charge in [0.2, 0.25) is 0 Å². The zero-order valence-electron chi connectivity index (χ0n) is 19.2. The van der Waals surface area contributed by atoms with Crippen LogP contribution in [0.4, 0.5) is 11.4 Å². The van der Waals surface area contributed by atoms with Crippen LogP contribution in [-0.4, -0.2) is 46.0 Å². The molecule has 7 heteroatoms. The van der Waals surface area contributed by atoms with E-state index in [1.54, 1.807) is 12.4 Å². The maximum Gasteiger partial charge on any atom is 0.103 e. The number of aromatic nitrogens is 3. The molecule has 0 atom stereocenters. The second-order valence-corrected chi connectivity index (χ2v) is 8.48. The van der Waals surface area contributed by atoms with Gasteiger partial charge in [0.15, 0.2) is 0 Å². The molecule has 0 unspecified atom stereocenters. The summed E-state index contributed by atoms with van der Waals surface area (Å²) in [4.78, 5) is 14.8. The molecule has 1 saturated heterocycles. The Morgan fingerprint density at radius 2 is 2.00 bits per heavy atom. The van der Waals surface area contributed by atoms with E-state index in [1.807, 2.05) is 42.6 Å². The SMILES string of the molecule is Cc1c(Nc2c(C#N)cncc2/C=C/c2cccc(CN3CCNCC3)n2)ccc2[nH]ccc12. The van der Waals surface area contributed by atoms with Gasteiger partial charge in [-0.3, -0.25) is 14.9 Å². The molecule has 5 rings (SSSR count). The van der Waals surface area contributed by atoms with Crippen LogP contribution in [0.25, 0.3) is 23.1 Å². The summed E-state index contributed by atoms with van der Waals surface area (Å²) >= 11 is 0. The first kappa shape index (κ1) is 21.8. The molecule has 1 aromatic carbocycles. The number of pyridine rings is 2. The molecule has 0 bridgehead atoms. The van der Waals surface area contributed by atoms with Crippen molar-refractivity contribution in [3.63, 3.8) is 0 Å². The molecule has 3 aromatic heterocycles. The Hall–Kier alpha value is -3.99. The van der Waals surface area contributed by atoms with Crippen LogP contribution in [0.3, 0.4) is 0 Å². The van der Waals surface area contributed by atoms with Gasteiger partial charge in [-0.05, 0) is 55.0 Å². The van der Waals surface area contributed by atoms with Crippen molar-refractivity contribution in [2.75, 3.05) is 31.5 Å². The number of piperazine rings is 1. The molecular weight excluding hydrogens is 422 g/mol. The van der Waals surface area contributed by atoms with Crippen molar-refractivity contribution in [2.24, 2.45) is 0 Å². The van der Waals surface area contributed by atoms with E-state index in [1.165, 1.54) is 0 Å². The number of benzene rings is 1. The van der Waals surface area contributed by atoms with Gasteiger partial charge < -0.3 is 15.6 Å². The van der Waals surface area contributed by atoms with Crippen LogP contribution in [-0.2, 0) is 6.54 Å². The number of fused-ring (bicyclic) bond motifs is 1. The van der Waals surface area contributed by atoms with Crippen molar-refractivity contribution in [1.82, 2.24) is 25.2 Å². The van der Waals surface area contributed by atoms with Gasteiger partial charge in [0, 0.05) is 73.5 Å². The Morgan fingerprint density at radius 3 is 2.85 bits per heavy atom. The molecule has 0 aliphatic carbocycles. The third-order valence-corrected chi connectivity index (χ3v) is 6.22. The summed E-state index contributed by atoms with van der Waals surface area (Å²) in [6.45, 7) is 7.05. The number of anilines is 2. The lowest BCUT2D eigenvalue weighted by atomic mass is 10.1. The predicted octanol–water partition coefficient (Wildman–Crippen LogP) is 4.46. The van der Waals surface area contributed by atoms with E-state index in [4.69, 9.17) is 4.98 Å². The molecule has 3 N–H and O–H groups in total. The minimum atomic E-state index is 0.496. The molecule has 0 radical (unpaired) electrons. The molecule has 0 amide bonds. The van der Waals surface area contributed by atoms with Crippen LogP contribution in [0.1, 0.15) is 28.1 Å². The lowest BCUT2D eigenvalue weighted by Gasteiger charge is -2.26. The molecule has 0 saturated carbocycles. The second-order valence-electron chi connectivity index (χ2n) is 8.48. The van der Waals surface area contributed by atoms with Gasteiger partial charge in [-0.15, -0.1) is 0 Å². The summed E-state index contributed by atoms with van der Waals surface area (Å²) in [5, 5.41) is 17.7. The van der Waals surface area contributed by atoms with Gasteiger partial charge in [-0.2, -0.15) is 5.26 Å². The van der Waals surface area contributed by atoms with Crippen molar-refractivity contribution < 1.29 is 0 Å². The highest BCUT2D eigenvalue weighted by Gasteiger charge is 2.12. The third-order valence-electron chi connectivity index (χ3n) is 6.22. The number of rotatable bonds is 6. The zero-order valence-corrected chi connectivity index (χ0v) is 19.2. The molecular formula is C27H27N7. The zero-order chi connectivity index (χ0) is 23.3. The highest BCUT2D eigenvalue weighted by molar-refractivity contribution is 5.90. The molecule has 4 heterocycles. The second kappa shape index (κ2) is 9.87. The van der Waals surface area contributed by atoms with E-state index in [2.05, 4.69) is 50.6 Å². The van der Waals surface area contributed by atoms with Crippen molar-refractivity contribution in [1.29, 1.82) is 5.26 Å². The summed E-state index contributed by atoms with van der Waals surface area (Å²) < 4.78 is 0. The molecule has 4 aromatic rings. The Kier molecular flexibility index (Phi) is 6.34. The maximum absolute atomic E-state index is 9.73. The number of hydrogen-bond acceptors (Lipinski definition) is 6. The topological polar surface area (TPSA) is 92.7 Å². The van der Waals surface area contributed by atoms with Crippen LogP contribution in [0, 0.1) is 18.3 Å². The lowest BCUT2D eigenvalue weighted by molar-refractivity contribution is 0.230. The van der Waals surface area contributed by atoms with Gasteiger partial charge in [0.05, 0.1) is 22.6 Å². The van der Waals surface area contributed by atoms with E-state index >= 15 is 0 Å². The monoisotopic (exact) mass is 449 g/mol. The Labute approximate surface area is 199 Å². The number of nitrogens with one attached hydrogen (secondary N) is 3. The largest absolute Gasteiger partial charge is 0.361 e. The minimum absolute atomic E-state index is 0.496. The molecule has 1 aliphatic heterocycles. The van der Waals surface area contributed by atoms with Gasteiger partial charge >= 0.3 is 0 Å². The van der Waals surface area contributed by atoms with Gasteiger partial charge in [0.1, 0.15) is 6.07 Å². The molecule has 1 fully saturated rings. The fourth-order valence-electron chi connectivity index (χ4n) is 4.33. The summed E-state index contributed by atoms with van der Waals surface area (Å²) in [5.41, 5.74) is 7.18. The van der Waals surface area contributed by atoms with Gasteiger partial charge in [0.25, 0.3) is 0 Å². The smallest absolute Gasteiger partial charge is 0.103 e. The summed E-state index contributed by atoms with van der Waals surface area (Å²) in [6, 6.07) is 14.5.